The molecule has 29 heavy (non-hydrogen) atoms. The van der Waals surface area contributed by atoms with Crippen LogP contribution < -0.4 is 4.72 Å². The summed E-state index contributed by atoms with van der Waals surface area (Å²) >= 11 is 1.57. The second-order valence-electron chi connectivity index (χ2n) is 6.83. The minimum Gasteiger partial charge on any atom is -0.465 e. The summed E-state index contributed by atoms with van der Waals surface area (Å²) in [7, 11) is 0. The summed E-state index contributed by atoms with van der Waals surface area (Å²) in [5.41, 5.74) is 3.15. The third-order valence-electron chi connectivity index (χ3n) is 4.77. The fourth-order valence-corrected chi connectivity index (χ4v) is 4.31. The summed E-state index contributed by atoms with van der Waals surface area (Å²) in [5.74, 6) is 0.812. The number of carbonyl (C=O) groups excluding carboxylic acids is 1. The van der Waals surface area contributed by atoms with Gasteiger partial charge >= 0.3 is 5.97 Å². The molecule has 1 aromatic carbocycles. The van der Waals surface area contributed by atoms with Crippen molar-refractivity contribution in [3.05, 3.63) is 47.6 Å². The van der Waals surface area contributed by atoms with Gasteiger partial charge in [0.25, 0.3) is 0 Å². The van der Waals surface area contributed by atoms with Crippen molar-refractivity contribution in [2.75, 3.05) is 6.61 Å². The van der Waals surface area contributed by atoms with Crippen molar-refractivity contribution in [3.63, 3.8) is 0 Å². The van der Waals surface area contributed by atoms with E-state index in [1.165, 1.54) is 0 Å². The summed E-state index contributed by atoms with van der Waals surface area (Å²) in [5, 5.41) is 12.4. The molecular weight excluding hydrogens is 390 g/mol. The first-order chi connectivity index (χ1) is 14.1. The molecule has 0 fully saturated rings. The zero-order valence-electron chi connectivity index (χ0n) is 16.4. The summed E-state index contributed by atoms with van der Waals surface area (Å²) < 4.78 is 15.9. The molecule has 2 aromatic heterocycles. The van der Waals surface area contributed by atoms with Crippen LogP contribution >= 0.6 is 11.9 Å². The van der Waals surface area contributed by atoms with Crippen LogP contribution in [0.3, 0.4) is 0 Å². The minimum absolute atomic E-state index is 0.161. The number of carbonyl (C=O) groups is 1. The lowest BCUT2D eigenvalue weighted by molar-refractivity contribution is -0.144. The topological polar surface area (TPSA) is 95.1 Å². The van der Waals surface area contributed by atoms with Crippen LogP contribution in [0.15, 0.2) is 39.8 Å². The molecule has 0 saturated carbocycles. The number of ether oxygens (including phenoxy) is 1. The van der Waals surface area contributed by atoms with E-state index in [2.05, 4.69) is 20.0 Å². The Bertz CT molecular complexity index is 1000. The van der Waals surface area contributed by atoms with E-state index in [0.29, 0.717) is 18.4 Å². The van der Waals surface area contributed by atoms with Crippen molar-refractivity contribution < 1.29 is 13.9 Å². The van der Waals surface area contributed by atoms with Gasteiger partial charge in [-0.25, -0.2) is 0 Å². The number of hydrogen-bond acceptors (Lipinski definition) is 8. The van der Waals surface area contributed by atoms with Gasteiger partial charge in [-0.2, -0.15) is 5.10 Å². The first-order valence-electron chi connectivity index (χ1n) is 9.67. The average Bonchev–Trinajstić information content (AvgIpc) is 3.34. The maximum absolute atomic E-state index is 11.8. The molecule has 1 unspecified atom stereocenters. The number of rotatable bonds is 7. The molecule has 2 heterocycles. The SMILES string of the molecule is CCOC(=O)Cn1ncc2c1CCCC2NSc1cccc(-c2nnc(C)o2)c1. The Hall–Kier alpha value is -2.65. The van der Waals surface area contributed by atoms with Gasteiger partial charge in [0.1, 0.15) is 6.54 Å². The smallest absolute Gasteiger partial charge is 0.327 e. The van der Waals surface area contributed by atoms with Crippen LogP contribution in [-0.4, -0.2) is 32.6 Å². The summed E-state index contributed by atoms with van der Waals surface area (Å²) in [4.78, 5) is 12.9. The van der Waals surface area contributed by atoms with Crippen LogP contribution in [-0.2, 0) is 22.5 Å². The van der Waals surface area contributed by atoms with Crippen LogP contribution in [0.5, 0.6) is 0 Å². The lowest BCUT2D eigenvalue weighted by Crippen LogP contribution is -2.22. The van der Waals surface area contributed by atoms with E-state index in [4.69, 9.17) is 9.15 Å². The van der Waals surface area contributed by atoms with Gasteiger partial charge in [-0.15, -0.1) is 10.2 Å². The van der Waals surface area contributed by atoms with Gasteiger partial charge in [0.05, 0.1) is 12.8 Å². The molecule has 0 radical (unpaired) electrons. The van der Waals surface area contributed by atoms with Gasteiger partial charge in [0, 0.05) is 34.7 Å². The Kier molecular flexibility index (Phi) is 5.96. The molecule has 1 atom stereocenters. The molecule has 0 aliphatic heterocycles. The first kappa shape index (κ1) is 19.7. The highest BCUT2D eigenvalue weighted by Crippen LogP contribution is 2.33. The van der Waals surface area contributed by atoms with Gasteiger partial charge in [-0.1, -0.05) is 6.07 Å². The molecule has 9 heteroatoms. The number of esters is 1. The number of aryl methyl sites for hydroxylation is 1. The zero-order chi connectivity index (χ0) is 20.2. The van der Waals surface area contributed by atoms with Crippen molar-refractivity contribution >= 4 is 17.9 Å². The van der Waals surface area contributed by atoms with E-state index in [1.807, 2.05) is 37.4 Å². The van der Waals surface area contributed by atoms with E-state index < -0.39 is 0 Å². The van der Waals surface area contributed by atoms with Crippen LogP contribution in [0, 0.1) is 6.92 Å². The molecule has 1 aliphatic rings. The molecule has 1 aliphatic carbocycles. The van der Waals surface area contributed by atoms with E-state index >= 15 is 0 Å². The van der Waals surface area contributed by atoms with Gasteiger partial charge in [-0.05, 0) is 56.3 Å². The van der Waals surface area contributed by atoms with Crippen LogP contribution in [0.4, 0.5) is 0 Å². The number of nitrogens with zero attached hydrogens (tertiary/aromatic N) is 4. The lowest BCUT2D eigenvalue weighted by Gasteiger charge is -2.23. The van der Waals surface area contributed by atoms with Gasteiger partial charge in [0.15, 0.2) is 0 Å². The van der Waals surface area contributed by atoms with Crippen molar-refractivity contribution in [1.82, 2.24) is 24.7 Å². The van der Waals surface area contributed by atoms with Crippen LogP contribution in [0.1, 0.15) is 43.0 Å². The molecule has 0 bridgehead atoms. The molecule has 8 nitrogen and oxygen atoms in total. The molecule has 1 N–H and O–H groups in total. The molecule has 152 valence electrons. The Labute approximate surface area is 173 Å². The zero-order valence-corrected chi connectivity index (χ0v) is 17.2. The number of nitrogens with one attached hydrogen (secondary N) is 1. The van der Waals surface area contributed by atoms with Crippen molar-refractivity contribution in [2.24, 2.45) is 0 Å². The largest absolute Gasteiger partial charge is 0.465 e. The van der Waals surface area contributed by atoms with Crippen LogP contribution in [0.2, 0.25) is 0 Å². The number of benzene rings is 1. The molecule has 4 rings (SSSR count). The third kappa shape index (κ3) is 4.51. The van der Waals surface area contributed by atoms with Crippen molar-refractivity contribution in [2.45, 2.75) is 50.6 Å². The second kappa shape index (κ2) is 8.79. The second-order valence-corrected chi connectivity index (χ2v) is 7.74. The van der Waals surface area contributed by atoms with Crippen LogP contribution in [0.25, 0.3) is 11.5 Å². The summed E-state index contributed by atoms with van der Waals surface area (Å²) in [6, 6.07) is 8.17. The van der Waals surface area contributed by atoms with Crippen molar-refractivity contribution in [1.29, 1.82) is 0 Å². The molecule has 0 saturated heterocycles. The standard InChI is InChI=1S/C20H23N5O3S/c1-3-27-19(26)12-25-18-9-5-8-17(16(18)11-21-25)24-29-15-7-4-6-14(10-15)20-23-22-13(2)28-20/h4,6-7,10-11,17,24H,3,5,8-9,12H2,1-2H3. The van der Waals surface area contributed by atoms with E-state index in [1.54, 1.807) is 23.6 Å². The highest BCUT2D eigenvalue weighted by molar-refractivity contribution is 7.97. The molecule has 3 aromatic rings. The summed E-state index contributed by atoms with van der Waals surface area (Å²) in [6.45, 7) is 4.13. The van der Waals surface area contributed by atoms with E-state index in [-0.39, 0.29) is 18.6 Å². The monoisotopic (exact) mass is 413 g/mol. The molecule has 0 amide bonds. The normalized spacial score (nSPS) is 15.9. The predicted octanol–water partition coefficient (Wildman–Crippen LogP) is 3.48. The van der Waals surface area contributed by atoms with Gasteiger partial charge < -0.3 is 9.15 Å². The minimum atomic E-state index is -0.254. The highest BCUT2D eigenvalue weighted by atomic mass is 32.2. The van der Waals surface area contributed by atoms with E-state index in [9.17, 15) is 4.79 Å². The number of hydrogen-bond donors (Lipinski definition) is 1. The van der Waals surface area contributed by atoms with Gasteiger partial charge in [0.2, 0.25) is 11.8 Å². The Morgan fingerprint density at radius 2 is 2.31 bits per heavy atom. The maximum atomic E-state index is 11.8. The summed E-state index contributed by atoms with van der Waals surface area (Å²) in [6.07, 6.45) is 4.85. The third-order valence-corrected chi connectivity index (χ3v) is 5.67. The van der Waals surface area contributed by atoms with Crippen molar-refractivity contribution in [3.8, 4) is 11.5 Å². The quantitative estimate of drug-likeness (QED) is 0.465. The van der Waals surface area contributed by atoms with Gasteiger partial charge in [-0.3, -0.25) is 14.2 Å². The Balaban J connectivity index is 1.44. The fourth-order valence-electron chi connectivity index (χ4n) is 3.45. The number of aromatic nitrogens is 4. The molecular formula is C20H23N5O3S. The lowest BCUT2D eigenvalue weighted by atomic mass is 9.94. The molecule has 0 spiro atoms. The average molecular weight is 414 g/mol. The first-order valence-corrected chi connectivity index (χ1v) is 10.5. The predicted molar refractivity (Wildman–Crippen MR) is 108 cm³/mol. The Morgan fingerprint density at radius 3 is 3.10 bits per heavy atom. The van der Waals surface area contributed by atoms with E-state index in [0.717, 1.165) is 41.0 Å². The Morgan fingerprint density at radius 1 is 1.41 bits per heavy atom. The number of fused-ring (bicyclic) bond motifs is 1. The fraction of sp³-hybridized carbons (Fsp3) is 0.400. The maximum Gasteiger partial charge on any atom is 0.327 e. The highest BCUT2D eigenvalue weighted by Gasteiger charge is 2.25.